The topological polar surface area (TPSA) is 79.2 Å². The number of para-hydroxylation sites is 2. The quantitative estimate of drug-likeness (QED) is 0.509. The van der Waals surface area contributed by atoms with Crippen molar-refractivity contribution < 1.29 is 9.90 Å². The molecule has 0 bridgehead atoms. The number of aliphatic hydroxyl groups excluding tert-OH is 1. The van der Waals surface area contributed by atoms with Gasteiger partial charge in [0.15, 0.2) is 0 Å². The Kier molecular flexibility index (Phi) is 6.44. The van der Waals surface area contributed by atoms with E-state index in [9.17, 15) is 9.90 Å². The van der Waals surface area contributed by atoms with Gasteiger partial charge in [-0.15, -0.1) is 0 Å². The number of hydrogen-bond acceptors (Lipinski definition) is 4. The molecule has 1 amide bonds. The van der Waals surface area contributed by atoms with Gasteiger partial charge in [-0.05, 0) is 37.5 Å². The third-order valence-electron chi connectivity index (χ3n) is 4.32. The van der Waals surface area contributed by atoms with Gasteiger partial charge in [0.25, 0.3) is 0 Å². The average molecular weight is 366 g/mol. The number of benzene rings is 2. The van der Waals surface area contributed by atoms with Crippen LogP contribution in [0.3, 0.4) is 0 Å². The molecule has 0 aliphatic carbocycles. The fraction of sp³-hybridized carbons (Fsp3) is 0.333. The molecule has 142 valence electrons. The molecule has 0 fully saturated rings. The van der Waals surface area contributed by atoms with E-state index in [-0.39, 0.29) is 12.5 Å². The molecule has 2 aromatic carbocycles. The summed E-state index contributed by atoms with van der Waals surface area (Å²) in [6, 6.07) is 18.0. The number of aryl methyl sites for hydroxylation is 1. The first-order chi connectivity index (χ1) is 13.1. The van der Waals surface area contributed by atoms with E-state index in [0.29, 0.717) is 19.0 Å². The summed E-state index contributed by atoms with van der Waals surface area (Å²) in [5.41, 5.74) is 2.99. The van der Waals surface area contributed by atoms with E-state index in [4.69, 9.17) is 0 Å². The lowest BCUT2D eigenvalue weighted by molar-refractivity contribution is -0.121. The van der Waals surface area contributed by atoms with Gasteiger partial charge >= 0.3 is 0 Å². The number of amides is 1. The van der Waals surface area contributed by atoms with Gasteiger partial charge in [-0.2, -0.15) is 0 Å². The molecule has 6 nitrogen and oxygen atoms in total. The molecule has 1 atom stereocenters. The van der Waals surface area contributed by atoms with Crippen LogP contribution in [0.4, 0.5) is 5.95 Å². The second-order valence-electron chi connectivity index (χ2n) is 6.68. The molecule has 3 aromatic rings. The van der Waals surface area contributed by atoms with E-state index >= 15 is 0 Å². The van der Waals surface area contributed by atoms with Crippen LogP contribution < -0.4 is 10.6 Å². The van der Waals surface area contributed by atoms with E-state index in [1.54, 1.807) is 6.92 Å². The molecule has 0 saturated heterocycles. The van der Waals surface area contributed by atoms with Crippen LogP contribution in [0, 0.1) is 0 Å². The molecule has 0 aliphatic rings. The number of anilines is 1. The van der Waals surface area contributed by atoms with Crippen LogP contribution in [0.1, 0.15) is 18.9 Å². The first kappa shape index (κ1) is 18.9. The fourth-order valence-electron chi connectivity index (χ4n) is 2.97. The summed E-state index contributed by atoms with van der Waals surface area (Å²) >= 11 is 0. The maximum Gasteiger partial charge on any atom is 0.240 e. The third kappa shape index (κ3) is 5.31. The van der Waals surface area contributed by atoms with Crippen molar-refractivity contribution in [3.63, 3.8) is 0 Å². The van der Waals surface area contributed by atoms with Gasteiger partial charge in [0, 0.05) is 13.1 Å². The minimum atomic E-state index is -0.495. The highest BCUT2D eigenvalue weighted by Crippen LogP contribution is 2.19. The monoisotopic (exact) mass is 366 g/mol. The minimum Gasteiger partial charge on any atom is -0.392 e. The molecule has 27 heavy (non-hydrogen) atoms. The average Bonchev–Trinajstić information content (AvgIpc) is 3.02. The van der Waals surface area contributed by atoms with Gasteiger partial charge in [-0.1, -0.05) is 42.5 Å². The number of carbonyl (C=O) groups excluding carboxylic acids is 1. The van der Waals surface area contributed by atoms with Crippen LogP contribution in [0.25, 0.3) is 11.0 Å². The normalized spacial score (nSPS) is 12.1. The Morgan fingerprint density at radius 3 is 2.67 bits per heavy atom. The summed E-state index contributed by atoms with van der Waals surface area (Å²) in [4.78, 5) is 17.0. The van der Waals surface area contributed by atoms with Crippen LogP contribution in [-0.2, 0) is 17.8 Å². The fourth-order valence-corrected chi connectivity index (χ4v) is 2.97. The molecule has 0 radical (unpaired) electrons. The Hall–Kier alpha value is -2.86. The number of rotatable bonds is 9. The van der Waals surface area contributed by atoms with E-state index in [1.807, 2.05) is 47.0 Å². The predicted molar refractivity (Wildman–Crippen MR) is 108 cm³/mol. The SMILES string of the molecule is CC(O)CNc1nc2ccccc2n1CC(=O)NCCCc1ccccc1. The first-order valence-electron chi connectivity index (χ1n) is 9.31. The first-order valence-corrected chi connectivity index (χ1v) is 9.31. The van der Waals surface area contributed by atoms with Crippen molar-refractivity contribution in [3.8, 4) is 0 Å². The van der Waals surface area contributed by atoms with E-state index in [2.05, 4.69) is 27.8 Å². The number of imidazole rings is 1. The third-order valence-corrected chi connectivity index (χ3v) is 4.32. The molecule has 1 unspecified atom stereocenters. The number of fused-ring (bicyclic) bond motifs is 1. The molecule has 1 heterocycles. The second kappa shape index (κ2) is 9.19. The Labute approximate surface area is 159 Å². The van der Waals surface area contributed by atoms with Crippen LogP contribution >= 0.6 is 0 Å². The van der Waals surface area contributed by atoms with Crippen molar-refractivity contribution in [1.29, 1.82) is 0 Å². The van der Waals surface area contributed by atoms with E-state index in [0.717, 1.165) is 23.9 Å². The van der Waals surface area contributed by atoms with Gasteiger partial charge < -0.3 is 20.3 Å². The van der Waals surface area contributed by atoms with Crippen LogP contribution in [0.5, 0.6) is 0 Å². The van der Waals surface area contributed by atoms with Crippen molar-refractivity contribution in [3.05, 3.63) is 60.2 Å². The van der Waals surface area contributed by atoms with Gasteiger partial charge in [0.05, 0.1) is 17.1 Å². The summed E-state index contributed by atoms with van der Waals surface area (Å²) in [6.45, 7) is 2.91. The number of aromatic nitrogens is 2. The Bertz CT molecular complexity index is 874. The van der Waals surface area contributed by atoms with Crippen molar-refractivity contribution in [2.24, 2.45) is 0 Å². The zero-order valence-corrected chi connectivity index (χ0v) is 15.6. The summed E-state index contributed by atoms with van der Waals surface area (Å²) in [7, 11) is 0. The zero-order valence-electron chi connectivity index (χ0n) is 15.6. The maximum atomic E-state index is 12.4. The Morgan fingerprint density at radius 1 is 1.15 bits per heavy atom. The highest BCUT2D eigenvalue weighted by molar-refractivity contribution is 5.83. The molecule has 6 heteroatoms. The zero-order chi connectivity index (χ0) is 19.1. The second-order valence-corrected chi connectivity index (χ2v) is 6.68. The number of carbonyl (C=O) groups is 1. The Morgan fingerprint density at radius 2 is 1.89 bits per heavy atom. The van der Waals surface area contributed by atoms with Crippen LogP contribution in [-0.4, -0.2) is 39.8 Å². The molecular weight excluding hydrogens is 340 g/mol. The maximum absolute atomic E-state index is 12.4. The lowest BCUT2D eigenvalue weighted by atomic mass is 10.1. The molecule has 3 N–H and O–H groups in total. The highest BCUT2D eigenvalue weighted by Gasteiger charge is 2.13. The van der Waals surface area contributed by atoms with Crippen LogP contribution in [0.2, 0.25) is 0 Å². The standard InChI is InChI=1S/C21H26N4O2/c1-16(26)14-23-21-24-18-11-5-6-12-19(18)25(21)15-20(27)22-13-7-10-17-8-3-2-4-9-17/h2-6,8-9,11-12,16,26H,7,10,13-15H2,1H3,(H,22,27)(H,23,24). The lowest BCUT2D eigenvalue weighted by Crippen LogP contribution is -2.29. The van der Waals surface area contributed by atoms with Gasteiger partial charge in [-0.3, -0.25) is 4.79 Å². The van der Waals surface area contributed by atoms with Gasteiger partial charge in [0.2, 0.25) is 11.9 Å². The highest BCUT2D eigenvalue weighted by atomic mass is 16.3. The molecule has 1 aromatic heterocycles. The number of aliphatic hydroxyl groups is 1. The minimum absolute atomic E-state index is 0.0497. The van der Waals surface area contributed by atoms with Crippen LogP contribution in [0.15, 0.2) is 54.6 Å². The number of nitrogens with one attached hydrogen (secondary N) is 2. The number of nitrogens with zero attached hydrogens (tertiary/aromatic N) is 2. The van der Waals surface area contributed by atoms with Crippen molar-refractivity contribution in [2.75, 3.05) is 18.4 Å². The predicted octanol–water partition coefficient (Wildman–Crippen LogP) is 2.58. The molecular formula is C21H26N4O2. The van der Waals surface area contributed by atoms with E-state index < -0.39 is 6.10 Å². The summed E-state index contributed by atoms with van der Waals surface area (Å²) in [5.74, 6) is 0.544. The van der Waals surface area contributed by atoms with Crippen molar-refractivity contribution in [2.45, 2.75) is 32.4 Å². The molecule has 3 rings (SSSR count). The summed E-state index contributed by atoms with van der Waals surface area (Å²) < 4.78 is 1.85. The van der Waals surface area contributed by atoms with E-state index in [1.165, 1.54) is 5.56 Å². The summed E-state index contributed by atoms with van der Waals surface area (Å²) in [6.07, 6.45) is 1.34. The molecule has 0 spiro atoms. The van der Waals surface area contributed by atoms with Crippen molar-refractivity contribution in [1.82, 2.24) is 14.9 Å². The molecule has 0 saturated carbocycles. The van der Waals surface area contributed by atoms with Gasteiger partial charge in [0.1, 0.15) is 6.54 Å². The largest absolute Gasteiger partial charge is 0.392 e. The number of hydrogen-bond donors (Lipinski definition) is 3. The Balaban J connectivity index is 1.59. The van der Waals surface area contributed by atoms with Gasteiger partial charge in [-0.25, -0.2) is 4.98 Å². The molecule has 0 aliphatic heterocycles. The smallest absolute Gasteiger partial charge is 0.240 e. The lowest BCUT2D eigenvalue weighted by Gasteiger charge is -2.12. The van der Waals surface area contributed by atoms with Crippen molar-refractivity contribution >= 4 is 22.9 Å². The summed E-state index contributed by atoms with van der Waals surface area (Å²) in [5, 5.41) is 15.6.